The summed E-state index contributed by atoms with van der Waals surface area (Å²) in [7, 11) is 0. The molecule has 1 aliphatic rings. The van der Waals surface area contributed by atoms with E-state index in [0.29, 0.717) is 27.2 Å². The van der Waals surface area contributed by atoms with Crippen molar-refractivity contribution < 1.29 is 9.53 Å². The summed E-state index contributed by atoms with van der Waals surface area (Å²) < 4.78 is 5.73. The number of carbonyl (C=O) groups is 1. The van der Waals surface area contributed by atoms with Crippen LogP contribution in [-0.4, -0.2) is 23.5 Å². The molecule has 0 bridgehead atoms. The van der Waals surface area contributed by atoms with Crippen molar-refractivity contribution >= 4 is 40.0 Å². The van der Waals surface area contributed by atoms with Crippen LogP contribution >= 0.6 is 23.2 Å². The van der Waals surface area contributed by atoms with Gasteiger partial charge in [-0.3, -0.25) is 4.79 Å². The summed E-state index contributed by atoms with van der Waals surface area (Å²) in [5.41, 5.74) is 1.41. The molecular weight excluding hydrogens is 359 g/mol. The molecule has 1 saturated carbocycles. The number of ether oxygens (including phenoxy) is 1. The van der Waals surface area contributed by atoms with Crippen molar-refractivity contribution in [1.82, 2.24) is 10.3 Å². The number of nitrogens with one attached hydrogen (secondary N) is 1. The smallest absolute Gasteiger partial charge is 0.258 e. The molecule has 3 rings (SSSR count). The predicted molar refractivity (Wildman–Crippen MR) is 102 cm³/mol. The average Bonchev–Trinajstić information content (AvgIpc) is 2.56. The summed E-state index contributed by atoms with van der Waals surface area (Å²) in [6, 6.07) is 5.61. The Morgan fingerprint density at radius 3 is 2.80 bits per heavy atom. The van der Waals surface area contributed by atoms with Gasteiger partial charge in [0.15, 0.2) is 12.4 Å². The minimum Gasteiger partial charge on any atom is -0.480 e. The lowest BCUT2D eigenvalue weighted by Crippen LogP contribution is -2.43. The van der Waals surface area contributed by atoms with Crippen molar-refractivity contribution in [2.75, 3.05) is 6.61 Å². The number of carbonyl (C=O) groups excluding carboxylic acids is 1. The van der Waals surface area contributed by atoms with Crippen LogP contribution in [0.4, 0.5) is 0 Å². The highest BCUT2D eigenvalue weighted by molar-refractivity contribution is 6.39. The van der Waals surface area contributed by atoms with Crippen molar-refractivity contribution in [2.45, 2.75) is 45.6 Å². The number of pyridine rings is 1. The molecule has 134 valence electrons. The van der Waals surface area contributed by atoms with Crippen molar-refractivity contribution in [2.24, 2.45) is 5.92 Å². The van der Waals surface area contributed by atoms with Crippen molar-refractivity contribution in [1.29, 1.82) is 0 Å². The van der Waals surface area contributed by atoms with E-state index in [2.05, 4.69) is 17.2 Å². The Hall–Kier alpha value is -1.52. The van der Waals surface area contributed by atoms with Gasteiger partial charge in [0, 0.05) is 17.1 Å². The van der Waals surface area contributed by atoms with Crippen molar-refractivity contribution in [3.63, 3.8) is 0 Å². The van der Waals surface area contributed by atoms with Crippen LogP contribution < -0.4 is 10.1 Å². The first-order chi connectivity index (χ1) is 12.0. The SMILES string of the molecule is Cc1ccc2c(Cl)cc(Cl)c(OCC(=O)NC3CCCCC3C)c2n1. The molecule has 2 unspecified atom stereocenters. The monoisotopic (exact) mass is 380 g/mol. The van der Waals surface area contributed by atoms with E-state index in [1.54, 1.807) is 6.07 Å². The molecule has 1 aromatic carbocycles. The zero-order chi connectivity index (χ0) is 18.0. The number of rotatable bonds is 4. The Bertz CT molecular complexity index is 795. The number of hydrogen-bond acceptors (Lipinski definition) is 3. The standard InChI is InChI=1S/C19H22Cl2N2O2/c1-11-5-3-4-6-16(11)23-17(24)10-25-19-15(21)9-14(20)13-8-7-12(2)22-18(13)19/h7-9,11,16H,3-6,10H2,1-2H3,(H,23,24). The molecule has 2 atom stereocenters. The topological polar surface area (TPSA) is 51.2 Å². The fraction of sp³-hybridized carbons (Fsp3) is 0.474. The molecule has 0 aliphatic heterocycles. The molecule has 1 aliphatic carbocycles. The van der Waals surface area contributed by atoms with E-state index in [1.807, 2.05) is 19.1 Å². The van der Waals surface area contributed by atoms with Gasteiger partial charge in [-0.2, -0.15) is 0 Å². The maximum absolute atomic E-state index is 12.3. The van der Waals surface area contributed by atoms with E-state index in [1.165, 1.54) is 6.42 Å². The number of fused-ring (bicyclic) bond motifs is 1. The second-order valence-electron chi connectivity index (χ2n) is 6.74. The first kappa shape index (κ1) is 18.3. The first-order valence-corrected chi connectivity index (χ1v) is 9.39. The highest BCUT2D eigenvalue weighted by Crippen LogP contribution is 2.37. The Labute approximate surface area is 157 Å². The van der Waals surface area contributed by atoms with E-state index >= 15 is 0 Å². The summed E-state index contributed by atoms with van der Waals surface area (Å²) in [5.74, 6) is 0.768. The number of halogens is 2. The van der Waals surface area contributed by atoms with Gasteiger partial charge in [-0.1, -0.05) is 43.0 Å². The number of amides is 1. The molecular formula is C19H22Cl2N2O2. The lowest BCUT2D eigenvalue weighted by Gasteiger charge is -2.29. The largest absolute Gasteiger partial charge is 0.480 e. The summed E-state index contributed by atoms with van der Waals surface area (Å²) in [5, 5.41) is 4.70. The maximum atomic E-state index is 12.3. The number of aromatic nitrogens is 1. The summed E-state index contributed by atoms with van der Waals surface area (Å²) in [6.07, 6.45) is 4.58. The van der Waals surface area contributed by atoms with Gasteiger partial charge in [0.1, 0.15) is 5.52 Å². The molecule has 1 N–H and O–H groups in total. The molecule has 25 heavy (non-hydrogen) atoms. The quantitative estimate of drug-likeness (QED) is 0.818. The Morgan fingerprint density at radius 2 is 2.04 bits per heavy atom. The lowest BCUT2D eigenvalue weighted by molar-refractivity contribution is -0.124. The molecule has 0 saturated heterocycles. The van der Waals surface area contributed by atoms with E-state index in [9.17, 15) is 4.79 Å². The number of aryl methyl sites for hydroxylation is 1. The summed E-state index contributed by atoms with van der Waals surface area (Å²) in [4.78, 5) is 16.8. The van der Waals surface area contributed by atoms with Crippen molar-refractivity contribution in [3.8, 4) is 5.75 Å². The van der Waals surface area contributed by atoms with Crippen LogP contribution in [0.3, 0.4) is 0 Å². The minimum atomic E-state index is -0.134. The van der Waals surface area contributed by atoms with Gasteiger partial charge >= 0.3 is 0 Å². The van der Waals surface area contributed by atoms with Gasteiger partial charge in [-0.25, -0.2) is 4.98 Å². The van der Waals surface area contributed by atoms with Gasteiger partial charge in [0.25, 0.3) is 5.91 Å². The van der Waals surface area contributed by atoms with Crippen LogP contribution in [-0.2, 0) is 4.79 Å². The summed E-state index contributed by atoms with van der Waals surface area (Å²) in [6.45, 7) is 3.98. The highest BCUT2D eigenvalue weighted by Gasteiger charge is 2.23. The van der Waals surface area contributed by atoms with Gasteiger partial charge < -0.3 is 10.1 Å². The van der Waals surface area contributed by atoms with Crippen LogP contribution in [0.2, 0.25) is 10.0 Å². The van der Waals surface area contributed by atoms with Crippen LogP contribution in [0, 0.1) is 12.8 Å². The van der Waals surface area contributed by atoms with E-state index in [-0.39, 0.29) is 18.6 Å². The van der Waals surface area contributed by atoms with E-state index < -0.39 is 0 Å². The zero-order valence-corrected chi connectivity index (χ0v) is 16.0. The molecule has 1 heterocycles. The van der Waals surface area contributed by atoms with Crippen LogP contribution in [0.5, 0.6) is 5.75 Å². The Balaban J connectivity index is 1.74. The third kappa shape index (κ3) is 4.18. The van der Waals surface area contributed by atoms with Gasteiger partial charge in [0.2, 0.25) is 0 Å². The molecule has 1 amide bonds. The Morgan fingerprint density at radius 1 is 1.28 bits per heavy atom. The normalized spacial score (nSPS) is 20.5. The second kappa shape index (κ2) is 7.79. The molecule has 1 aromatic heterocycles. The zero-order valence-electron chi connectivity index (χ0n) is 14.4. The van der Waals surface area contributed by atoms with Gasteiger partial charge in [-0.05, 0) is 43.9 Å². The molecule has 2 aromatic rings. The summed E-state index contributed by atoms with van der Waals surface area (Å²) >= 11 is 12.5. The minimum absolute atomic E-state index is 0.0880. The first-order valence-electron chi connectivity index (χ1n) is 8.63. The van der Waals surface area contributed by atoms with Crippen molar-refractivity contribution in [3.05, 3.63) is 33.9 Å². The third-order valence-electron chi connectivity index (χ3n) is 4.78. The van der Waals surface area contributed by atoms with Gasteiger partial charge in [0.05, 0.1) is 10.0 Å². The highest BCUT2D eigenvalue weighted by atomic mass is 35.5. The van der Waals surface area contributed by atoms with E-state index in [0.717, 1.165) is 30.3 Å². The molecule has 6 heteroatoms. The fourth-order valence-corrected chi connectivity index (χ4v) is 3.91. The van der Waals surface area contributed by atoms with Gasteiger partial charge in [-0.15, -0.1) is 0 Å². The second-order valence-corrected chi connectivity index (χ2v) is 7.56. The third-order valence-corrected chi connectivity index (χ3v) is 5.38. The van der Waals surface area contributed by atoms with E-state index in [4.69, 9.17) is 27.9 Å². The predicted octanol–water partition coefficient (Wildman–Crippen LogP) is 4.92. The molecule has 4 nitrogen and oxygen atoms in total. The molecule has 0 radical (unpaired) electrons. The maximum Gasteiger partial charge on any atom is 0.258 e. The number of hydrogen-bond donors (Lipinski definition) is 1. The molecule has 1 fully saturated rings. The van der Waals surface area contributed by atoms with Crippen LogP contribution in [0.1, 0.15) is 38.3 Å². The average molecular weight is 381 g/mol. The van der Waals surface area contributed by atoms with Crippen LogP contribution in [0.25, 0.3) is 10.9 Å². The molecule has 0 spiro atoms. The Kier molecular flexibility index (Phi) is 5.70. The van der Waals surface area contributed by atoms with Crippen LogP contribution in [0.15, 0.2) is 18.2 Å². The number of benzene rings is 1. The lowest BCUT2D eigenvalue weighted by atomic mass is 9.86. The number of nitrogens with zero attached hydrogens (tertiary/aromatic N) is 1. The fourth-order valence-electron chi connectivity index (χ4n) is 3.34.